The summed E-state index contributed by atoms with van der Waals surface area (Å²) in [5, 5.41) is 38.8. The van der Waals surface area contributed by atoms with E-state index in [0.29, 0.717) is 23.0 Å². The number of hydrazone groups is 1. The Morgan fingerprint density at radius 1 is 0.972 bits per heavy atom. The fraction of sp³-hybridized carbons (Fsp3) is 0.0952. The van der Waals surface area contributed by atoms with Crippen LogP contribution in [0.2, 0.25) is 0 Å². The normalized spacial score (nSPS) is 10.7. The molecule has 0 aliphatic carbocycles. The molecular weight excluding hydrogens is 480 g/mol. The predicted octanol–water partition coefficient (Wildman–Crippen LogP) is 2.86. The van der Waals surface area contributed by atoms with Gasteiger partial charge in [0.1, 0.15) is 11.5 Å². The van der Waals surface area contributed by atoms with Gasteiger partial charge in [0.05, 0.1) is 39.2 Å². The van der Waals surface area contributed by atoms with Crippen LogP contribution in [-0.2, 0) is 4.79 Å². The Labute approximate surface area is 200 Å². The molecule has 0 atom stereocenters. The van der Waals surface area contributed by atoms with Crippen molar-refractivity contribution in [2.45, 2.75) is 6.92 Å². The number of non-ortho nitro benzene ring substituents is 2. The van der Waals surface area contributed by atoms with Gasteiger partial charge in [-0.15, -0.1) is 0 Å². The van der Waals surface area contributed by atoms with Gasteiger partial charge in [-0.3, -0.25) is 39.9 Å². The van der Waals surface area contributed by atoms with Crippen LogP contribution in [0.3, 0.4) is 0 Å². The average molecular weight is 496 g/mol. The maximum absolute atomic E-state index is 12.2. The minimum Gasteiger partial charge on any atom is -0.455 e. The number of nitro groups is 3. The number of carbonyl (C=O) groups excluding carboxylic acids is 2. The number of benzene rings is 2. The number of hydrogen-bond acceptors (Lipinski definition) is 10. The molecule has 1 aromatic heterocycles. The van der Waals surface area contributed by atoms with Crippen LogP contribution in [0.5, 0.6) is 0 Å². The summed E-state index contributed by atoms with van der Waals surface area (Å²) in [6, 6.07) is 10.1. The van der Waals surface area contributed by atoms with E-state index < -0.39 is 44.5 Å². The van der Waals surface area contributed by atoms with Crippen LogP contribution >= 0.6 is 0 Å². The van der Waals surface area contributed by atoms with Gasteiger partial charge in [0.25, 0.3) is 28.9 Å². The summed E-state index contributed by atoms with van der Waals surface area (Å²) < 4.78 is 5.58. The highest BCUT2D eigenvalue weighted by atomic mass is 16.6. The van der Waals surface area contributed by atoms with Crippen molar-refractivity contribution < 1.29 is 28.8 Å². The van der Waals surface area contributed by atoms with Crippen LogP contribution in [0.1, 0.15) is 21.7 Å². The third-order valence-corrected chi connectivity index (χ3v) is 4.77. The summed E-state index contributed by atoms with van der Waals surface area (Å²) in [5.41, 5.74) is 1.32. The zero-order valence-electron chi connectivity index (χ0n) is 18.4. The van der Waals surface area contributed by atoms with Crippen LogP contribution in [0.4, 0.5) is 17.1 Å². The van der Waals surface area contributed by atoms with E-state index in [-0.39, 0.29) is 17.0 Å². The maximum atomic E-state index is 12.2. The molecule has 0 saturated heterocycles. The Hall–Kier alpha value is -5.47. The Bertz CT molecular complexity index is 1380. The van der Waals surface area contributed by atoms with E-state index in [4.69, 9.17) is 4.42 Å². The molecule has 36 heavy (non-hydrogen) atoms. The van der Waals surface area contributed by atoms with Crippen molar-refractivity contribution in [1.29, 1.82) is 0 Å². The lowest BCUT2D eigenvalue weighted by Crippen LogP contribution is -2.35. The number of carbonyl (C=O) groups is 2. The Morgan fingerprint density at radius 2 is 1.64 bits per heavy atom. The first kappa shape index (κ1) is 25.2. The molecule has 184 valence electrons. The summed E-state index contributed by atoms with van der Waals surface area (Å²) in [6.45, 7) is 1.01. The molecule has 2 N–H and O–H groups in total. The first-order valence-electron chi connectivity index (χ1n) is 9.95. The van der Waals surface area contributed by atoms with Gasteiger partial charge in [-0.1, -0.05) is 12.1 Å². The molecule has 2 amide bonds. The van der Waals surface area contributed by atoms with Crippen molar-refractivity contribution in [2.24, 2.45) is 5.10 Å². The van der Waals surface area contributed by atoms with E-state index in [2.05, 4.69) is 15.8 Å². The van der Waals surface area contributed by atoms with Crippen LogP contribution in [0.25, 0.3) is 11.3 Å². The topological polar surface area (TPSA) is 213 Å². The molecule has 0 radical (unpaired) electrons. The second-order valence-corrected chi connectivity index (χ2v) is 7.14. The molecule has 2 aromatic carbocycles. The third-order valence-electron chi connectivity index (χ3n) is 4.77. The lowest BCUT2D eigenvalue weighted by Gasteiger charge is -2.04. The minimum atomic E-state index is -0.941. The van der Waals surface area contributed by atoms with Gasteiger partial charge < -0.3 is 9.73 Å². The fourth-order valence-corrected chi connectivity index (χ4v) is 3.06. The highest BCUT2D eigenvalue weighted by molar-refractivity contribution is 5.97. The molecular formula is C21H16N6O9. The Morgan fingerprint density at radius 3 is 2.25 bits per heavy atom. The number of rotatable bonds is 9. The second-order valence-electron chi connectivity index (χ2n) is 7.14. The molecule has 15 nitrogen and oxygen atoms in total. The fourth-order valence-electron chi connectivity index (χ4n) is 3.06. The van der Waals surface area contributed by atoms with E-state index in [1.54, 1.807) is 19.1 Å². The number of nitro benzene ring substituents is 3. The minimum absolute atomic E-state index is 0.0619. The molecule has 0 spiro atoms. The molecule has 3 aromatic rings. The second kappa shape index (κ2) is 10.6. The van der Waals surface area contributed by atoms with Gasteiger partial charge in [-0.2, -0.15) is 5.10 Å². The number of hydrogen-bond donors (Lipinski definition) is 2. The smallest absolute Gasteiger partial charge is 0.277 e. The van der Waals surface area contributed by atoms with Gasteiger partial charge in [0, 0.05) is 29.3 Å². The lowest BCUT2D eigenvalue weighted by molar-refractivity contribution is -0.394. The SMILES string of the molecule is Cc1c(-c2ccc(/C=N\NC(=O)CNC(=O)c3cc([N+](=O)[O-])cc([N+](=O)[O-])c3)o2)cccc1[N+](=O)[O-]. The molecule has 0 aliphatic heterocycles. The summed E-state index contributed by atoms with van der Waals surface area (Å²) >= 11 is 0. The van der Waals surface area contributed by atoms with E-state index in [1.165, 1.54) is 24.4 Å². The van der Waals surface area contributed by atoms with Gasteiger partial charge in [-0.05, 0) is 19.1 Å². The van der Waals surface area contributed by atoms with Crippen molar-refractivity contribution in [2.75, 3.05) is 6.54 Å². The van der Waals surface area contributed by atoms with Crippen molar-refractivity contribution in [3.8, 4) is 11.3 Å². The van der Waals surface area contributed by atoms with E-state index in [0.717, 1.165) is 12.1 Å². The predicted molar refractivity (Wildman–Crippen MR) is 123 cm³/mol. The highest BCUT2D eigenvalue weighted by Gasteiger charge is 2.20. The van der Waals surface area contributed by atoms with E-state index in [9.17, 15) is 39.9 Å². The maximum Gasteiger partial charge on any atom is 0.277 e. The number of furan rings is 1. The molecule has 0 fully saturated rings. The summed E-state index contributed by atoms with van der Waals surface area (Å²) in [5.74, 6) is -1.13. The molecule has 15 heteroatoms. The molecule has 0 saturated carbocycles. The average Bonchev–Trinajstić information content (AvgIpc) is 3.30. The first-order chi connectivity index (χ1) is 17.1. The van der Waals surface area contributed by atoms with Gasteiger partial charge in [0.15, 0.2) is 0 Å². The molecule has 3 rings (SSSR count). The van der Waals surface area contributed by atoms with Crippen LogP contribution in [0.15, 0.2) is 58.0 Å². The highest BCUT2D eigenvalue weighted by Crippen LogP contribution is 2.30. The van der Waals surface area contributed by atoms with Gasteiger partial charge >= 0.3 is 0 Å². The molecule has 0 unspecified atom stereocenters. The standard InChI is InChI=1S/C21H16N6O9/c1-12-17(3-2-4-18(12)27(34)35)19-6-5-16(36-19)10-23-24-20(28)11-22-21(29)13-7-14(25(30)31)9-15(8-13)26(32)33/h2-10H,11H2,1H3,(H,22,29)(H,24,28)/b23-10-. The summed E-state index contributed by atoms with van der Waals surface area (Å²) in [4.78, 5) is 54.8. The quantitative estimate of drug-likeness (QED) is 0.253. The van der Waals surface area contributed by atoms with Crippen LogP contribution in [-0.4, -0.2) is 39.3 Å². The van der Waals surface area contributed by atoms with Crippen molar-refractivity contribution >= 4 is 35.1 Å². The van der Waals surface area contributed by atoms with Crippen molar-refractivity contribution in [3.63, 3.8) is 0 Å². The zero-order valence-corrected chi connectivity index (χ0v) is 18.4. The lowest BCUT2D eigenvalue weighted by atomic mass is 10.1. The number of amides is 2. The summed E-state index contributed by atoms with van der Waals surface area (Å²) in [6.07, 6.45) is 1.17. The largest absolute Gasteiger partial charge is 0.455 e. The van der Waals surface area contributed by atoms with Gasteiger partial charge in [0.2, 0.25) is 0 Å². The Kier molecular flexibility index (Phi) is 7.44. The number of nitrogens with zero attached hydrogens (tertiary/aromatic N) is 4. The number of nitrogens with one attached hydrogen (secondary N) is 2. The summed E-state index contributed by atoms with van der Waals surface area (Å²) in [7, 11) is 0. The van der Waals surface area contributed by atoms with Crippen molar-refractivity contribution in [1.82, 2.24) is 10.7 Å². The molecule has 0 bridgehead atoms. The van der Waals surface area contributed by atoms with E-state index in [1.807, 2.05) is 0 Å². The monoisotopic (exact) mass is 496 g/mol. The Balaban J connectivity index is 1.59. The first-order valence-corrected chi connectivity index (χ1v) is 9.95. The van der Waals surface area contributed by atoms with E-state index >= 15 is 0 Å². The zero-order chi connectivity index (χ0) is 26.4. The third kappa shape index (κ3) is 5.90. The van der Waals surface area contributed by atoms with Crippen LogP contribution in [0, 0.1) is 37.3 Å². The van der Waals surface area contributed by atoms with Gasteiger partial charge in [-0.25, -0.2) is 5.43 Å². The van der Waals surface area contributed by atoms with Crippen molar-refractivity contribution in [3.05, 3.63) is 95.8 Å². The molecule has 0 aliphatic rings. The molecule has 1 heterocycles. The van der Waals surface area contributed by atoms with Crippen LogP contribution < -0.4 is 10.7 Å².